The summed E-state index contributed by atoms with van der Waals surface area (Å²) in [6.45, 7) is 24.9. The van der Waals surface area contributed by atoms with Crippen LogP contribution >= 0.6 is 0 Å². The van der Waals surface area contributed by atoms with Gasteiger partial charge in [0.05, 0.1) is 12.2 Å². The zero-order valence-corrected chi connectivity index (χ0v) is 25.7. The van der Waals surface area contributed by atoms with Gasteiger partial charge in [0, 0.05) is 6.61 Å². The number of ether oxygens (including phenoxy) is 2. The molecule has 0 aromatic rings. The van der Waals surface area contributed by atoms with E-state index in [0.717, 1.165) is 6.42 Å². The van der Waals surface area contributed by atoms with Crippen LogP contribution in [0.2, 0.25) is 0 Å². The Hall–Kier alpha value is -0.380. The second kappa shape index (κ2) is 7.67. The Labute approximate surface area is 227 Å². The van der Waals surface area contributed by atoms with Crippen molar-refractivity contribution in [2.45, 2.75) is 139 Å². The van der Waals surface area contributed by atoms with Crippen LogP contribution in [0.3, 0.4) is 0 Å². The molecule has 1 saturated heterocycles. The van der Waals surface area contributed by atoms with E-state index in [2.05, 4.69) is 75.3 Å². The van der Waals surface area contributed by atoms with Crippen LogP contribution in [0.1, 0.15) is 121 Å². The molecular weight excluding hydrogens is 456 g/mol. The first-order chi connectivity index (χ1) is 17.0. The van der Waals surface area contributed by atoms with Gasteiger partial charge in [-0.2, -0.15) is 0 Å². The van der Waals surface area contributed by atoms with Crippen molar-refractivity contribution in [3.05, 3.63) is 11.6 Å². The molecule has 1 aliphatic heterocycles. The molecule has 0 aromatic heterocycles. The molecule has 37 heavy (non-hydrogen) atoms. The van der Waals surface area contributed by atoms with E-state index in [4.69, 9.17) is 9.47 Å². The lowest BCUT2D eigenvalue weighted by atomic mass is 9.33. The predicted octanol–water partition coefficient (Wildman–Crippen LogP) is 8.16. The van der Waals surface area contributed by atoms with Gasteiger partial charge in [-0.1, -0.05) is 67.0 Å². The molecule has 3 nitrogen and oxygen atoms in total. The summed E-state index contributed by atoms with van der Waals surface area (Å²) in [5.41, 5.74) is 3.12. The fraction of sp³-hybridized carbons (Fsp3) is 0.941. The van der Waals surface area contributed by atoms with Crippen LogP contribution in [0.15, 0.2) is 11.6 Å². The van der Waals surface area contributed by atoms with Crippen molar-refractivity contribution in [2.75, 3.05) is 6.61 Å². The van der Waals surface area contributed by atoms with Gasteiger partial charge in [-0.15, -0.1) is 0 Å². The highest BCUT2D eigenvalue weighted by Gasteiger charge is 2.71. The van der Waals surface area contributed by atoms with E-state index in [9.17, 15) is 5.11 Å². The molecule has 3 heteroatoms. The molecule has 210 valence electrons. The Balaban J connectivity index is 1.43. The van der Waals surface area contributed by atoms with Crippen LogP contribution in [-0.4, -0.2) is 29.7 Å². The van der Waals surface area contributed by atoms with Gasteiger partial charge in [0.25, 0.3) is 0 Å². The maximum absolute atomic E-state index is 10.8. The number of hydrogen-bond donors (Lipinski definition) is 1. The highest BCUT2D eigenvalue weighted by atomic mass is 16.8. The van der Waals surface area contributed by atoms with Crippen molar-refractivity contribution in [1.29, 1.82) is 0 Å². The molecule has 4 saturated carbocycles. The zero-order chi connectivity index (χ0) is 27.0. The molecule has 6 rings (SSSR count). The van der Waals surface area contributed by atoms with Crippen molar-refractivity contribution in [2.24, 2.45) is 56.2 Å². The van der Waals surface area contributed by atoms with Gasteiger partial charge in [-0.05, 0) is 121 Å². The first kappa shape index (κ1) is 26.8. The standard InChI is InChI=1S/C34H56O3/c1-28(2)15-16-31(7)17-18-33(9)21(26(31)22(28)20-35)11-12-25-32(8)19-23-27(37-30(5,6)36-23)29(3,4)24(32)13-14-34(25,33)10/h11,22-27,35H,12-20H2,1-10H3. The molecule has 5 fully saturated rings. The van der Waals surface area contributed by atoms with Crippen molar-refractivity contribution < 1.29 is 14.6 Å². The molecule has 0 bridgehead atoms. The monoisotopic (exact) mass is 512 g/mol. The van der Waals surface area contributed by atoms with Crippen molar-refractivity contribution in [1.82, 2.24) is 0 Å². The Kier molecular flexibility index (Phi) is 5.56. The van der Waals surface area contributed by atoms with E-state index < -0.39 is 5.79 Å². The summed E-state index contributed by atoms with van der Waals surface area (Å²) in [7, 11) is 0. The normalized spacial score (nSPS) is 55.2. The number of hydrogen-bond acceptors (Lipinski definition) is 3. The molecule has 0 aromatic carbocycles. The summed E-state index contributed by atoms with van der Waals surface area (Å²) in [5, 5.41) is 10.8. The van der Waals surface area contributed by atoms with Crippen molar-refractivity contribution >= 4 is 0 Å². The third kappa shape index (κ3) is 3.29. The summed E-state index contributed by atoms with van der Waals surface area (Å²) in [5.74, 6) is 1.72. The van der Waals surface area contributed by atoms with Gasteiger partial charge < -0.3 is 14.6 Å². The van der Waals surface area contributed by atoms with Crippen molar-refractivity contribution in [3.63, 3.8) is 0 Å². The second-order valence-corrected chi connectivity index (χ2v) is 17.3. The van der Waals surface area contributed by atoms with E-state index in [0.29, 0.717) is 35.7 Å². The summed E-state index contributed by atoms with van der Waals surface area (Å²) in [6, 6.07) is 0. The number of allylic oxidation sites excluding steroid dienone is 2. The van der Waals surface area contributed by atoms with E-state index >= 15 is 0 Å². The predicted molar refractivity (Wildman–Crippen MR) is 150 cm³/mol. The molecule has 10 atom stereocenters. The van der Waals surface area contributed by atoms with Gasteiger partial charge in [0.1, 0.15) is 0 Å². The quantitative estimate of drug-likeness (QED) is 0.360. The Morgan fingerprint density at radius 3 is 2.19 bits per heavy atom. The molecule has 0 spiro atoms. The fourth-order valence-electron chi connectivity index (χ4n) is 12.2. The number of aliphatic hydroxyl groups is 1. The van der Waals surface area contributed by atoms with Crippen molar-refractivity contribution in [3.8, 4) is 0 Å². The van der Waals surface area contributed by atoms with Crippen LogP contribution in [0.25, 0.3) is 0 Å². The van der Waals surface area contributed by atoms with Gasteiger partial charge in [0.2, 0.25) is 0 Å². The summed E-state index contributed by atoms with van der Waals surface area (Å²) in [4.78, 5) is 0. The Morgan fingerprint density at radius 1 is 0.838 bits per heavy atom. The van der Waals surface area contributed by atoms with Crippen LogP contribution in [-0.2, 0) is 9.47 Å². The van der Waals surface area contributed by atoms with Crippen LogP contribution in [0, 0.1) is 56.2 Å². The summed E-state index contributed by atoms with van der Waals surface area (Å²) >= 11 is 0. The fourth-order valence-corrected chi connectivity index (χ4v) is 12.2. The molecule has 0 radical (unpaired) electrons. The van der Waals surface area contributed by atoms with Crippen LogP contribution in [0.4, 0.5) is 0 Å². The van der Waals surface area contributed by atoms with Gasteiger partial charge in [0.15, 0.2) is 5.79 Å². The number of fused-ring (bicyclic) bond motifs is 8. The van der Waals surface area contributed by atoms with Gasteiger partial charge >= 0.3 is 0 Å². The third-order valence-corrected chi connectivity index (χ3v) is 14.5. The Morgan fingerprint density at radius 2 is 1.51 bits per heavy atom. The summed E-state index contributed by atoms with van der Waals surface area (Å²) < 4.78 is 13.2. The van der Waals surface area contributed by atoms with E-state index in [1.807, 2.05) is 0 Å². The molecule has 10 unspecified atom stereocenters. The lowest BCUT2D eigenvalue weighted by Crippen LogP contribution is -2.66. The van der Waals surface area contributed by atoms with E-state index in [1.54, 1.807) is 5.57 Å². The number of rotatable bonds is 1. The lowest BCUT2D eigenvalue weighted by molar-refractivity contribution is -0.213. The highest BCUT2D eigenvalue weighted by molar-refractivity contribution is 5.34. The molecule has 5 aliphatic carbocycles. The molecule has 1 heterocycles. The average Bonchev–Trinajstić information content (AvgIpc) is 3.09. The molecule has 6 aliphatic rings. The minimum atomic E-state index is -0.480. The van der Waals surface area contributed by atoms with Crippen LogP contribution < -0.4 is 0 Å². The van der Waals surface area contributed by atoms with Crippen LogP contribution in [0.5, 0.6) is 0 Å². The van der Waals surface area contributed by atoms with Gasteiger partial charge in [-0.25, -0.2) is 0 Å². The minimum absolute atomic E-state index is 0.109. The maximum Gasteiger partial charge on any atom is 0.163 e. The molecule has 0 amide bonds. The van der Waals surface area contributed by atoms with E-state index in [1.165, 1.54) is 44.9 Å². The first-order valence-electron chi connectivity index (χ1n) is 15.6. The largest absolute Gasteiger partial charge is 0.396 e. The number of aliphatic hydroxyl groups excluding tert-OH is 1. The average molecular weight is 513 g/mol. The highest BCUT2D eigenvalue weighted by Crippen LogP contribution is 2.76. The maximum atomic E-state index is 10.8. The SMILES string of the molecule is CC1(C)OC2CC3(C)C(CCC4(C)C3CC=C3C5C(CO)C(C)(C)CCC5(C)CCC34C)C(C)(C)C2O1. The minimum Gasteiger partial charge on any atom is -0.396 e. The summed E-state index contributed by atoms with van der Waals surface area (Å²) in [6.07, 6.45) is 13.2. The third-order valence-electron chi connectivity index (χ3n) is 14.5. The smallest absolute Gasteiger partial charge is 0.163 e. The topological polar surface area (TPSA) is 38.7 Å². The van der Waals surface area contributed by atoms with Gasteiger partial charge in [-0.3, -0.25) is 0 Å². The molecular formula is C34H56O3. The lowest BCUT2D eigenvalue weighted by Gasteiger charge is -2.72. The zero-order valence-electron chi connectivity index (χ0n) is 25.7. The Bertz CT molecular complexity index is 993. The van der Waals surface area contributed by atoms with E-state index in [-0.39, 0.29) is 39.3 Å². The molecule has 1 N–H and O–H groups in total. The first-order valence-corrected chi connectivity index (χ1v) is 15.6. The second-order valence-electron chi connectivity index (χ2n) is 17.3.